The van der Waals surface area contributed by atoms with Gasteiger partial charge in [0.2, 0.25) is 0 Å². The van der Waals surface area contributed by atoms with E-state index < -0.39 is 0 Å². The average Bonchev–Trinajstić information content (AvgIpc) is 2.31. The van der Waals surface area contributed by atoms with Crippen LogP contribution in [-0.4, -0.2) is 0 Å². The van der Waals surface area contributed by atoms with Crippen LogP contribution in [0.2, 0.25) is 0 Å². The molecule has 0 amide bonds. The lowest BCUT2D eigenvalue weighted by atomic mass is 9.98. The first-order valence-electron chi connectivity index (χ1n) is 5.94. The van der Waals surface area contributed by atoms with Gasteiger partial charge in [0, 0.05) is 7.14 Å². The lowest BCUT2D eigenvalue weighted by molar-refractivity contribution is 1.31. The van der Waals surface area contributed by atoms with E-state index in [1.807, 2.05) is 0 Å². The predicted octanol–water partition coefficient (Wildman–Crippen LogP) is 5.80. The third-order valence-electron chi connectivity index (χ3n) is 3.21. The summed E-state index contributed by atoms with van der Waals surface area (Å²) in [6.07, 6.45) is 0. The summed E-state index contributed by atoms with van der Waals surface area (Å²) < 4.78 is 2.74. The van der Waals surface area contributed by atoms with Crippen molar-refractivity contribution in [2.24, 2.45) is 0 Å². The Balaban J connectivity index is 2.63. The van der Waals surface area contributed by atoms with E-state index in [2.05, 4.69) is 97.1 Å². The fraction of sp³-hybridized carbons (Fsp3) is 0.250. The summed E-state index contributed by atoms with van der Waals surface area (Å²) in [7, 11) is 0. The largest absolute Gasteiger partial charge is 0.0504 e. The van der Waals surface area contributed by atoms with E-state index in [0.717, 1.165) is 0 Å². The first-order valence-corrected chi connectivity index (χ1v) is 8.09. The van der Waals surface area contributed by atoms with Crippen LogP contribution in [0, 0.1) is 34.8 Å². The van der Waals surface area contributed by atoms with E-state index in [9.17, 15) is 0 Å². The van der Waals surface area contributed by atoms with Crippen molar-refractivity contribution in [3.63, 3.8) is 0 Å². The molecule has 0 aromatic heterocycles. The first-order chi connectivity index (χ1) is 8.40. The van der Waals surface area contributed by atoms with E-state index in [1.165, 1.54) is 40.5 Å². The molecule has 0 saturated heterocycles. The Labute approximate surface area is 136 Å². The van der Waals surface area contributed by atoms with E-state index in [1.54, 1.807) is 0 Å². The van der Waals surface area contributed by atoms with Gasteiger partial charge in [0.15, 0.2) is 0 Å². The molecule has 0 N–H and O–H groups in total. The Morgan fingerprint density at radius 3 is 1.00 bits per heavy atom. The summed E-state index contributed by atoms with van der Waals surface area (Å²) in [5.41, 5.74) is 8.10. The summed E-state index contributed by atoms with van der Waals surface area (Å²) in [6.45, 7) is 8.74. The molecule has 0 aliphatic heterocycles. The highest BCUT2D eigenvalue weighted by atomic mass is 127. The summed E-state index contributed by atoms with van der Waals surface area (Å²) in [5, 5.41) is 0. The van der Waals surface area contributed by atoms with Crippen LogP contribution in [0.15, 0.2) is 24.3 Å². The van der Waals surface area contributed by atoms with Crippen molar-refractivity contribution in [1.82, 2.24) is 0 Å². The summed E-state index contributed by atoms with van der Waals surface area (Å²) in [5.74, 6) is 0. The second-order valence-electron chi connectivity index (χ2n) is 4.85. The Morgan fingerprint density at radius 1 is 0.556 bits per heavy atom. The number of halogens is 2. The van der Waals surface area contributed by atoms with E-state index in [0.29, 0.717) is 0 Å². The molecule has 18 heavy (non-hydrogen) atoms. The molecule has 0 nitrogen and oxygen atoms in total. The fourth-order valence-corrected chi connectivity index (χ4v) is 2.85. The standard InChI is InChI=1S/C16H16I2/c1-9-5-13(6-10(2)15(9)17)14-7-11(3)16(18)12(4)8-14/h5-8H,1-4H3. The molecule has 2 aromatic rings. The van der Waals surface area contributed by atoms with Crippen molar-refractivity contribution >= 4 is 45.2 Å². The molecule has 94 valence electrons. The maximum absolute atomic E-state index is 2.42. The van der Waals surface area contributed by atoms with Gasteiger partial charge >= 0.3 is 0 Å². The Morgan fingerprint density at radius 2 is 0.778 bits per heavy atom. The number of rotatable bonds is 1. The number of aryl methyl sites for hydroxylation is 4. The molecule has 0 aliphatic carbocycles. The van der Waals surface area contributed by atoms with Crippen LogP contribution in [0.5, 0.6) is 0 Å². The molecule has 0 bridgehead atoms. The highest BCUT2D eigenvalue weighted by Gasteiger charge is 2.07. The SMILES string of the molecule is Cc1cc(-c2cc(C)c(I)c(C)c2)cc(C)c1I. The Kier molecular flexibility index (Phi) is 4.36. The normalized spacial score (nSPS) is 10.8. The maximum atomic E-state index is 2.42. The molecule has 2 heteroatoms. The zero-order valence-electron chi connectivity index (χ0n) is 11.1. The minimum Gasteiger partial charge on any atom is -0.0504 e. The second-order valence-corrected chi connectivity index (χ2v) is 7.01. The Hall–Kier alpha value is -0.100. The summed E-state index contributed by atoms with van der Waals surface area (Å²) in [4.78, 5) is 0. The topological polar surface area (TPSA) is 0 Å². The first kappa shape index (κ1) is 14.3. The monoisotopic (exact) mass is 462 g/mol. The summed E-state index contributed by atoms with van der Waals surface area (Å²) in [6, 6.07) is 9.15. The third-order valence-corrected chi connectivity index (χ3v) is 6.61. The molecule has 0 aliphatic rings. The number of hydrogen-bond acceptors (Lipinski definition) is 0. The molecule has 0 heterocycles. The third kappa shape index (κ3) is 2.74. The van der Waals surface area contributed by atoms with Crippen molar-refractivity contribution in [3.8, 4) is 11.1 Å². The molecular formula is C16H16I2. The van der Waals surface area contributed by atoms with Crippen molar-refractivity contribution in [3.05, 3.63) is 53.7 Å². The average molecular weight is 462 g/mol. The van der Waals surface area contributed by atoms with E-state index >= 15 is 0 Å². The zero-order valence-corrected chi connectivity index (χ0v) is 15.4. The minimum absolute atomic E-state index is 1.33. The van der Waals surface area contributed by atoms with E-state index in [-0.39, 0.29) is 0 Å². The molecule has 0 unspecified atom stereocenters. The highest BCUT2D eigenvalue weighted by Crippen LogP contribution is 2.29. The van der Waals surface area contributed by atoms with Crippen molar-refractivity contribution in [2.45, 2.75) is 27.7 Å². The van der Waals surface area contributed by atoms with Crippen LogP contribution in [-0.2, 0) is 0 Å². The smallest absolute Gasteiger partial charge is 0.0189 e. The minimum atomic E-state index is 1.33. The molecular weight excluding hydrogens is 446 g/mol. The molecule has 0 radical (unpaired) electrons. The molecule has 0 atom stereocenters. The van der Waals surface area contributed by atoms with Crippen LogP contribution < -0.4 is 0 Å². The van der Waals surface area contributed by atoms with Crippen LogP contribution >= 0.6 is 45.2 Å². The number of hydrogen-bond donors (Lipinski definition) is 0. The highest BCUT2D eigenvalue weighted by molar-refractivity contribution is 14.1. The molecule has 0 fully saturated rings. The van der Waals surface area contributed by atoms with Gasteiger partial charge in [0.05, 0.1) is 0 Å². The van der Waals surface area contributed by atoms with Gasteiger partial charge in [-0.05, 0) is 106 Å². The molecule has 2 aromatic carbocycles. The lowest BCUT2D eigenvalue weighted by Gasteiger charge is -2.11. The molecule has 2 rings (SSSR count). The number of benzene rings is 2. The van der Waals surface area contributed by atoms with Crippen LogP contribution in [0.25, 0.3) is 11.1 Å². The maximum Gasteiger partial charge on any atom is 0.0189 e. The molecule has 0 spiro atoms. The van der Waals surface area contributed by atoms with Gasteiger partial charge in [0.25, 0.3) is 0 Å². The van der Waals surface area contributed by atoms with Gasteiger partial charge in [-0.25, -0.2) is 0 Å². The van der Waals surface area contributed by atoms with Gasteiger partial charge in [0.1, 0.15) is 0 Å². The van der Waals surface area contributed by atoms with Gasteiger partial charge in [-0.3, -0.25) is 0 Å². The van der Waals surface area contributed by atoms with Gasteiger partial charge < -0.3 is 0 Å². The van der Waals surface area contributed by atoms with Crippen molar-refractivity contribution in [2.75, 3.05) is 0 Å². The quantitative estimate of drug-likeness (QED) is 0.471. The van der Waals surface area contributed by atoms with Gasteiger partial charge in [-0.2, -0.15) is 0 Å². The fourth-order valence-electron chi connectivity index (χ4n) is 2.23. The lowest BCUT2D eigenvalue weighted by Crippen LogP contribution is -1.92. The Bertz CT molecular complexity index is 511. The van der Waals surface area contributed by atoms with Crippen LogP contribution in [0.4, 0.5) is 0 Å². The van der Waals surface area contributed by atoms with Crippen LogP contribution in [0.1, 0.15) is 22.3 Å². The predicted molar refractivity (Wildman–Crippen MR) is 96.3 cm³/mol. The van der Waals surface area contributed by atoms with Gasteiger partial charge in [-0.1, -0.05) is 24.3 Å². The van der Waals surface area contributed by atoms with Gasteiger partial charge in [-0.15, -0.1) is 0 Å². The van der Waals surface area contributed by atoms with Crippen LogP contribution in [0.3, 0.4) is 0 Å². The van der Waals surface area contributed by atoms with E-state index in [4.69, 9.17) is 0 Å². The van der Waals surface area contributed by atoms with Crippen molar-refractivity contribution in [1.29, 1.82) is 0 Å². The summed E-state index contributed by atoms with van der Waals surface area (Å²) >= 11 is 4.84. The molecule has 0 saturated carbocycles. The second kappa shape index (κ2) is 5.49. The zero-order chi connectivity index (χ0) is 13.4. The van der Waals surface area contributed by atoms with Crippen molar-refractivity contribution < 1.29 is 0 Å².